The van der Waals surface area contributed by atoms with E-state index >= 15 is 0 Å². The molecular weight excluding hydrogens is 560 g/mol. The lowest BCUT2D eigenvalue weighted by atomic mass is 10.0. The Hall–Kier alpha value is -2.49. The van der Waals surface area contributed by atoms with E-state index in [1.807, 2.05) is 28.6 Å². The SMILES string of the molecule is O=C(Nc1ccc(Br)cc1C(=O)O)c1cc(S(=O)N2CCCc3ccccc32)ccc1Br. The highest BCUT2D eigenvalue weighted by atomic mass is 79.9. The number of aryl methyl sites for hydroxylation is 1. The lowest BCUT2D eigenvalue weighted by Gasteiger charge is -2.30. The number of carboxylic acids is 1. The number of carbonyl (C=O) groups is 2. The zero-order valence-electron chi connectivity index (χ0n) is 16.7. The lowest BCUT2D eigenvalue weighted by Crippen LogP contribution is -2.31. The third-order valence-electron chi connectivity index (χ3n) is 5.11. The summed E-state index contributed by atoms with van der Waals surface area (Å²) in [5.41, 5.74) is 2.49. The molecule has 1 amide bonds. The fourth-order valence-corrected chi connectivity index (χ4v) is 5.67. The molecule has 0 bridgehead atoms. The van der Waals surface area contributed by atoms with Crippen molar-refractivity contribution in [1.29, 1.82) is 0 Å². The van der Waals surface area contributed by atoms with Crippen LogP contribution in [-0.4, -0.2) is 27.7 Å². The van der Waals surface area contributed by atoms with E-state index in [1.165, 1.54) is 12.1 Å². The monoisotopic (exact) mass is 576 g/mol. The van der Waals surface area contributed by atoms with Crippen molar-refractivity contribution in [2.75, 3.05) is 16.2 Å². The Bertz CT molecular complexity index is 1250. The second-order valence-corrected chi connectivity index (χ2v) is 10.4. The molecule has 0 aromatic heterocycles. The average Bonchev–Trinajstić information content (AvgIpc) is 2.79. The molecule has 0 spiro atoms. The van der Waals surface area contributed by atoms with Crippen molar-refractivity contribution < 1.29 is 18.9 Å². The van der Waals surface area contributed by atoms with Crippen molar-refractivity contribution >= 4 is 66.1 Å². The molecule has 3 aromatic carbocycles. The molecule has 0 radical (unpaired) electrons. The first kappa shape index (κ1) is 22.7. The molecule has 1 atom stereocenters. The van der Waals surface area contributed by atoms with Crippen LogP contribution in [0.3, 0.4) is 0 Å². The summed E-state index contributed by atoms with van der Waals surface area (Å²) in [6.45, 7) is 0.655. The second-order valence-electron chi connectivity index (χ2n) is 7.17. The fraction of sp³-hybridized carbons (Fsp3) is 0.130. The number of rotatable bonds is 5. The van der Waals surface area contributed by atoms with Gasteiger partial charge in [0.1, 0.15) is 0 Å². The molecule has 0 aliphatic carbocycles. The van der Waals surface area contributed by atoms with Crippen LogP contribution in [0.15, 0.2) is 74.5 Å². The van der Waals surface area contributed by atoms with Crippen LogP contribution in [0.25, 0.3) is 0 Å². The van der Waals surface area contributed by atoms with Gasteiger partial charge in [-0.3, -0.25) is 9.10 Å². The van der Waals surface area contributed by atoms with Crippen LogP contribution < -0.4 is 9.62 Å². The van der Waals surface area contributed by atoms with E-state index in [0.717, 1.165) is 24.1 Å². The molecule has 2 N–H and O–H groups in total. The van der Waals surface area contributed by atoms with Gasteiger partial charge >= 0.3 is 5.97 Å². The summed E-state index contributed by atoms with van der Waals surface area (Å²) in [7, 11) is -1.50. The summed E-state index contributed by atoms with van der Waals surface area (Å²) in [5, 5.41) is 12.1. The number of amides is 1. The molecule has 6 nitrogen and oxygen atoms in total. The number of carboxylic acid groups (broad SMARTS) is 1. The number of fused-ring (bicyclic) bond motifs is 1. The first-order valence-electron chi connectivity index (χ1n) is 9.76. The number of nitrogens with zero attached hydrogens (tertiary/aromatic N) is 1. The van der Waals surface area contributed by atoms with Crippen LogP contribution in [-0.2, 0) is 17.4 Å². The van der Waals surface area contributed by atoms with Gasteiger partial charge in [0, 0.05) is 15.5 Å². The Labute approximate surface area is 204 Å². The number of nitrogens with one attached hydrogen (secondary N) is 1. The van der Waals surface area contributed by atoms with Gasteiger partial charge in [-0.2, -0.15) is 0 Å². The summed E-state index contributed by atoms with van der Waals surface area (Å²) >= 11 is 6.62. The summed E-state index contributed by atoms with van der Waals surface area (Å²) in [5.74, 6) is -1.65. The average molecular weight is 578 g/mol. The van der Waals surface area contributed by atoms with Crippen molar-refractivity contribution in [3.05, 3.63) is 86.3 Å². The summed E-state index contributed by atoms with van der Waals surface area (Å²) in [4.78, 5) is 25.0. The van der Waals surface area contributed by atoms with Gasteiger partial charge in [0.25, 0.3) is 5.91 Å². The smallest absolute Gasteiger partial charge is 0.337 e. The molecular formula is C23H18Br2N2O4S. The van der Waals surface area contributed by atoms with Crippen LogP contribution in [0.2, 0.25) is 0 Å². The summed E-state index contributed by atoms with van der Waals surface area (Å²) in [6.07, 6.45) is 1.84. The topological polar surface area (TPSA) is 86.7 Å². The van der Waals surface area contributed by atoms with E-state index in [9.17, 15) is 18.9 Å². The Balaban J connectivity index is 1.63. The van der Waals surface area contributed by atoms with Gasteiger partial charge in [-0.15, -0.1) is 0 Å². The number of halogens is 2. The molecule has 3 aromatic rings. The number of benzene rings is 3. The predicted molar refractivity (Wildman–Crippen MR) is 132 cm³/mol. The third kappa shape index (κ3) is 4.65. The Kier molecular flexibility index (Phi) is 6.78. The third-order valence-corrected chi connectivity index (χ3v) is 7.73. The van der Waals surface area contributed by atoms with E-state index in [1.54, 1.807) is 24.3 Å². The van der Waals surface area contributed by atoms with Crippen LogP contribution in [0, 0.1) is 0 Å². The van der Waals surface area contributed by atoms with Gasteiger partial charge in [0.05, 0.1) is 27.4 Å². The normalized spacial score (nSPS) is 13.9. The van der Waals surface area contributed by atoms with E-state index in [0.29, 0.717) is 20.4 Å². The molecule has 1 aliphatic heterocycles. The predicted octanol–water partition coefficient (Wildman–Crippen LogP) is 5.64. The van der Waals surface area contributed by atoms with Gasteiger partial charge in [-0.25, -0.2) is 9.00 Å². The van der Waals surface area contributed by atoms with E-state index < -0.39 is 22.9 Å². The van der Waals surface area contributed by atoms with Crippen LogP contribution in [0.4, 0.5) is 11.4 Å². The fourth-order valence-electron chi connectivity index (χ4n) is 3.58. The van der Waals surface area contributed by atoms with Crippen molar-refractivity contribution in [2.24, 2.45) is 0 Å². The van der Waals surface area contributed by atoms with Gasteiger partial charge < -0.3 is 10.4 Å². The Morgan fingerprint density at radius 2 is 1.78 bits per heavy atom. The summed E-state index contributed by atoms with van der Waals surface area (Å²) in [6, 6.07) is 17.5. The molecule has 164 valence electrons. The molecule has 0 fully saturated rings. The maximum absolute atomic E-state index is 13.4. The van der Waals surface area contributed by atoms with Gasteiger partial charge in [0.15, 0.2) is 11.0 Å². The van der Waals surface area contributed by atoms with Gasteiger partial charge in [-0.05, 0) is 76.8 Å². The van der Waals surface area contributed by atoms with E-state index in [4.69, 9.17) is 0 Å². The first-order chi connectivity index (χ1) is 15.3. The van der Waals surface area contributed by atoms with E-state index in [-0.39, 0.29) is 16.8 Å². The summed E-state index contributed by atoms with van der Waals surface area (Å²) < 4.78 is 16.4. The number of aromatic carboxylic acids is 1. The number of anilines is 2. The van der Waals surface area contributed by atoms with E-state index in [2.05, 4.69) is 37.2 Å². The minimum Gasteiger partial charge on any atom is -0.478 e. The van der Waals surface area contributed by atoms with Crippen LogP contribution >= 0.6 is 31.9 Å². The molecule has 1 unspecified atom stereocenters. The molecule has 1 heterocycles. The van der Waals surface area contributed by atoms with Gasteiger partial charge in [-0.1, -0.05) is 34.1 Å². The highest BCUT2D eigenvalue weighted by molar-refractivity contribution is 9.10. The van der Waals surface area contributed by atoms with Gasteiger partial charge in [0.2, 0.25) is 0 Å². The number of hydrogen-bond acceptors (Lipinski definition) is 3. The minimum atomic E-state index is -1.50. The highest BCUT2D eigenvalue weighted by Crippen LogP contribution is 2.31. The maximum atomic E-state index is 13.4. The van der Waals surface area contributed by atoms with Crippen LogP contribution in [0.5, 0.6) is 0 Å². The lowest BCUT2D eigenvalue weighted by molar-refractivity contribution is 0.0698. The number of para-hydroxylation sites is 1. The Morgan fingerprint density at radius 1 is 1.00 bits per heavy atom. The van der Waals surface area contributed by atoms with Crippen LogP contribution in [0.1, 0.15) is 32.7 Å². The minimum absolute atomic E-state index is 0.0338. The standard InChI is InChI=1S/C23H18Br2N2O4S/c24-15-7-10-20(18(12-15)23(29)30)26-22(28)17-13-16(8-9-19(17)25)32(31)27-11-3-5-14-4-1-2-6-21(14)27/h1-2,4,6-10,12-13H,3,5,11H2,(H,26,28)(H,29,30). The molecule has 1 aliphatic rings. The molecule has 4 rings (SSSR count). The van der Waals surface area contributed by atoms with Crippen molar-refractivity contribution in [3.8, 4) is 0 Å². The number of carbonyl (C=O) groups excluding carboxylic acids is 1. The zero-order chi connectivity index (χ0) is 22.8. The largest absolute Gasteiger partial charge is 0.478 e. The second kappa shape index (κ2) is 9.56. The van der Waals surface area contributed by atoms with Crippen molar-refractivity contribution in [2.45, 2.75) is 17.7 Å². The van der Waals surface area contributed by atoms with Crippen molar-refractivity contribution in [3.63, 3.8) is 0 Å². The van der Waals surface area contributed by atoms with Crippen molar-refractivity contribution in [1.82, 2.24) is 0 Å². The Morgan fingerprint density at radius 3 is 2.56 bits per heavy atom. The highest BCUT2D eigenvalue weighted by Gasteiger charge is 2.24. The molecule has 0 saturated carbocycles. The molecule has 0 saturated heterocycles. The quantitative estimate of drug-likeness (QED) is 0.411. The maximum Gasteiger partial charge on any atom is 0.337 e. The molecule has 32 heavy (non-hydrogen) atoms. The number of hydrogen-bond donors (Lipinski definition) is 2. The first-order valence-corrected chi connectivity index (χ1v) is 12.5. The zero-order valence-corrected chi connectivity index (χ0v) is 20.7. The molecule has 9 heteroatoms.